The second-order valence-electron chi connectivity index (χ2n) is 14.4. The number of benzene rings is 9. The van der Waals surface area contributed by atoms with Crippen molar-refractivity contribution in [3.8, 4) is 67.5 Å². The number of hydrogen-bond donors (Lipinski definition) is 0. The Balaban J connectivity index is 0.955. The molecule has 9 aromatic carbocycles. The number of nitrogens with zero attached hydrogens (tertiary/aromatic N) is 3. The lowest BCUT2D eigenvalue weighted by Crippen LogP contribution is -2.00. The first-order chi connectivity index (χ1) is 28.2. The lowest BCUT2D eigenvalue weighted by molar-refractivity contribution is 0.669. The first-order valence-corrected chi connectivity index (χ1v) is 19.2. The molecule has 0 aliphatic rings. The lowest BCUT2D eigenvalue weighted by atomic mass is 9.93. The van der Waals surface area contributed by atoms with E-state index in [-0.39, 0.29) is 0 Å². The van der Waals surface area contributed by atoms with Crippen molar-refractivity contribution in [3.63, 3.8) is 0 Å². The Morgan fingerprint density at radius 1 is 0.281 bits per heavy atom. The fraction of sp³-hybridized carbons (Fsp3) is 0. The molecule has 0 spiro atoms. The monoisotopic (exact) mass is 727 g/mol. The van der Waals surface area contributed by atoms with Gasteiger partial charge in [-0.05, 0) is 73.6 Å². The Bertz CT molecular complexity index is 3260. The van der Waals surface area contributed by atoms with Crippen molar-refractivity contribution in [3.05, 3.63) is 200 Å². The number of rotatable bonds is 6. The summed E-state index contributed by atoms with van der Waals surface area (Å²) < 4.78 is 6.61. The van der Waals surface area contributed by atoms with Gasteiger partial charge < -0.3 is 4.42 Å². The van der Waals surface area contributed by atoms with Gasteiger partial charge in [0, 0.05) is 33.0 Å². The Morgan fingerprint density at radius 2 is 0.754 bits per heavy atom. The predicted octanol–water partition coefficient (Wildman–Crippen LogP) is 14.1. The first-order valence-electron chi connectivity index (χ1n) is 19.2. The van der Waals surface area contributed by atoms with Crippen LogP contribution in [0.4, 0.5) is 0 Å². The Morgan fingerprint density at radius 3 is 1.40 bits per heavy atom. The van der Waals surface area contributed by atoms with Gasteiger partial charge in [-0.3, -0.25) is 0 Å². The van der Waals surface area contributed by atoms with Gasteiger partial charge in [-0.25, -0.2) is 15.0 Å². The van der Waals surface area contributed by atoms with Gasteiger partial charge in [-0.15, -0.1) is 0 Å². The second-order valence-corrected chi connectivity index (χ2v) is 14.4. The minimum absolute atomic E-state index is 0.622. The molecule has 0 bridgehead atoms. The van der Waals surface area contributed by atoms with Crippen LogP contribution in [0.15, 0.2) is 205 Å². The zero-order chi connectivity index (χ0) is 37.7. The van der Waals surface area contributed by atoms with Gasteiger partial charge in [-0.2, -0.15) is 0 Å². The third-order valence-electron chi connectivity index (χ3n) is 10.9. The van der Waals surface area contributed by atoms with Crippen LogP contribution >= 0.6 is 0 Å². The summed E-state index contributed by atoms with van der Waals surface area (Å²) in [6, 6.07) is 69.9. The molecule has 57 heavy (non-hydrogen) atoms. The molecule has 2 heterocycles. The SMILES string of the molecule is c1ccc(-c2nc(-c3ccc(-c4ccc5ccccc5c4)cc3)nc(-c3ccc(-c4ccc5c(c4)oc4cc6ccccc6c(-c6ccccc6)c45)cc3)n2)cc1. The van der Waals surface area contributed by atoms with E-state index < -0.39 is 0 Å². The molecule has 0 fully saturated rings. The molecule has 0 amide bonds. The van der Waals surface area contributed by atoms with Crippen LogP contribution in [0.3, 0.4) is 0 Å². The molecule has 0 aliphatic carbocycles. The molecule has 266 valence electrons. The third-order valence-corrected chi connectivity index (χ3v) is 10.9. The van der Waals surface area contributed by atoms with Crippen molar-refractivity contribution in [2.24, 2.45) is 0 Å². The van der Waals surface area contributed by atoms with E-state index in [9.17, 15) is 0 Å². The van der Waals surface area contributed by atoms with Crippen LogP contribution in [0.1, 0.15) is 0 Å². The van der Waals surface area contributed by atoms with Gasteiger partial charge in [0.25, 0.3) is 0 Å². The van der Waals surface area contributed by atoms with E-state index >= 15 is 0 Å². The molecule has 0 N–H and O–H groups in total. The van der Waals surface area contributed by atoms with E-state index in [1.165, 1.54) is 32.8 Å². The summed E-state index contributed by atoms with van der Waals surface area (Å²) in [5.41, 5.74) is 11.4. The van der Waals surface area contributed by atoms with Crippen LogP contribution in [-0.2, 0) is 0 Å². The molecule has 0 unspecified atom stereocenters. The molecule has 0 saturated carbocycles. The molecular formula is C53H33N3O. The van der Waals surface area contributed by atoms with E-state index in [0.29, 0.717) is 17.5 Å². The molecule has 0 radical (unpaired) electrons. The number of aromatic nitrogens is 3. The maximum atomic E-state index is 6.61. The summed E-state index contributed by atoms with van der Waals surface area (Å²) in [5.74, 6) is 1.89. The third kappa shape index (κ3) is 5.92. The van der Waals surface area contributed by atoms with Crippen molar-refractivity contribution in [1.29, 1.82) is 0 Å². The number of fused-ring (bicyclic) bond motifs is 5. The van der Waals surface area contributed by atoms with Gasteiger partial charge in [0.1, 0.15) is 11.2 Å². The highest BCUT2D eigenvalue weighted by Gasteiger charge is 2.18. The van der Waals surface area contributed by atoms with Crippen LogP contribution in [-0.4, -0.2) is 15.0 Å². The van der Waals surface area contributed by atoms with E-state index in [4.69, 9.17) is 19.4 Å². The van der Waals surface area contributed by atoms with Gasteiger partial charge in [-0.1, -0.05) is 176 Å². The second kappa shape index (κ2) is 13.6. The largest absolute Gasteiger partial charge is 0.456 e. The molecule has 0 saturated heterocycles. The Labute approximate surface area is 329 Å². The molecular weight excluding hydrogens is 695 g/mol. The topological polar surface area (TPSA) is 51.8 Å². The smallest absolute Gasteiger partial charge is 0.164 e. The van der Waals surface area contributed by atoms with Crippen LogP contribution in [0.2, 0.25) is 0 Å². The Kier molecular flexibility index (Phi) is 7.78. The lowest BCUT2D eigenvalue weighted by Gasteiger charge is -2.10. The van der Waals surface area contributed by atoms with Gasteiger partial charge in [0.05, 0.1) is 0 Å². The van der Waals surface area contributed by atoms with Crippen molar-refractivity contribution in [1.82, 2.24) is 15.0 Å². The maximum Gasteiger partial charge on any atom is 0.164 e. The number of hydrogen-bond acceptors (Lipinski definition) is 4. The van der Waals surface area contributed by atoms with Crippen LogP contribution in [0, 0.1) is 0 Å². The highest BCUT2D eigenvalue weighted by atomic mass is 16.3. The number of furan rings is 1. The maximum absolute atomic E-state index is 6.61. The van der Waals surface area contributed by atoms with E-state index in [2.05, 4.69) is 170 Å². The molecule has 0 atom stereocenters. The fourth-order valence-electron chi connectivity index (χ4n) is 8.03. The van der Waals surface area contributed by atoms with Crippen molar-refractivity contribution < 1.29 is 4.42 Å². The van der Waals surface area contributed by atoms with Crippen LogP contribution < -0.4 is 0 Å². The van der Waals surface area contributed by atoms with Gasteiger partial charge in [0.15, 0.2) is 17.5 Å². The molecule has 4 nitrogen and oxygen atoms in total. The fourth-order valence-corrected chi connectivity index (χ4v) is 8.03. The highest BCUT2D eigenvalue weighted by molar-refractivity contribution is 6.21. The van der Waals surface area contributed by atoms with E-state index in [1.54, 1.807) is 0 Å². The van der Waals surface area contributed by atoms with E-state index in [1.807, 2.05) is 30.3 Å². The van der Waals surface area contributed by atoms with E-state index in [0.717, 1.165) is 60.7 Å². The summed E-state index contributed by atoms with van der Waals surface area (Å²) in [6.45, 7) is 0. The summed E-state index contributed by atoms with van der Waals surface area (Å²) in [6.07, 6.45) is 0. The molecule has 11 aromatic rings. The van der Waals surface area contributed by atoms with Crippen molar-refractivity contribution in [2.75, 3.05) is 0 Å². The quantitative estimate of drug-likeness (QED) is 0.171. The predicted molar refractivity (Wildman–Crippen MR) is 235 cm³/mol. The minimum Gasteiger partial charge on any atom is -0.456 e. The molecule has 0 aliphatic heterocycles. The summed E-state index contributed by atoms with van der Waals surface area (Å²) in [5, 5.41) is 7.07. The van der Waals surface area contributed by atoms with Crippen molar-refractivity contribution >= 4 is 43.5 Å². The zero-order valence-electron chi connectivity index (χ0n) is 30.8. The summed E-state index contributed by atoms with van der Waals surface area (Å²) >= 11 is 0. The zero-order valence-corrected chi connectivity index (χ0v) is 30.8. The van der Waals surface area contributed by atoms with Crippen molar-refractivity contribution in [2.45, 2.75) is 0 Å². The standard InChI is InChI=1S/C53H33N3O/c1-3-12-37(13-4-1)49-45-18-10-9-17-44(45)33-48-50(49)46-30-29-43(32-47(46)57-48)36-21-26-40(27-22-36)53-55-51(38-14-5-2-6-15-38)54-52(56-53)39-24-19-35(20-25-39)42-28-23-34-11-7-8-16-41(34)31-42/h1-33H. The van der Waals surface area contributed by atoms with Crippen LogP contribution in [0.25, 0.3) is 111 Å². The summed E-state index contributed by atoms with van der Waals surface area (Å²) in [7, 11) is 0. The normalized spacial score (nSPS) is 11.5. The average Bonchev–Trinajstić information content (AvgIpc) is 3.65. The minimum atomic E-state index is 0.622. The Hall–Kier alpha value is -7.69. The molecule has 2 aromatic heterocycles. The molecule has 11 rings (SSSR count). The average molecular weight is 728 g/mol. The summed E-state index contributed by atoms with van der Waals surface area (Å²) in [4.78, 5) is 15.0. The van der Waals surface area contributed by atoms with Gasteiger partial charge in [0.2, 0.25) is 0 Å². The first kappa shape index (κ1) is 32.7. The van der Waals surface area contributed by atoms with Gasteiger partial charge >= 0.3 is 0 Å². The highest BCUT2D eigenvalue weighted by Crippen LogP contribution is 2.42. The van der Waals surface area contributed by atoms with Crippen LogP contribution in [0.5, 0.6) is 0 Å². The molecule has 4 heteroatoms.